The molecule has 0 heteroatoms. The Kier molecular flexibility index (Phi) is 3.28. The second kappa shape index (κ2) is 4.39. The predicted molar refractivity (Wildman–Crippen MR) is 71.2 cm³/mol. The molecule has 0 N–H and O–H groups in total. The summed E-state index contributed by atoms with van der Waals surface area (Å²) in [4.78, 5) is 0. The second-order valence-corrected chi connectivity index (χ2v) is 6.47. The highest BCUT2D eigenvalue weighted by atomic mass is 14.4. The third-order valence-electron chi connectivity index (χ3n) is 4.35. The second-order valence-electron chi connectivity index (χ2n) is 6.47. The van der Waals surface area contributed by atoms with Crippen LogP contribution in [0.15, 0.2) is 23.3 Å². The number of fused-ring (bicyclic) bond motifs is 1. The van der Waals surface area contributed by atoms with Crippen molar-refractivity contribution in [1.82, 2.24) is 0 Å². The standard InChI is InChI=1S/C16H26/c1-10(2)13-8-14-6-12(5)7-16(14)15(9-13)11(3)4/h8-12,14,16H,6-7H2,1-5H3. The maximum absolute atomic E-state index is 2.57. The van der Waals surface area contributed by atoms with Gasteiger partial charge in [-0.1, -0.05) is 52.3 Å². The summed E-state index contributed by atoms with van der Waals surface area (Å²) >= 11 is 0. The fourth-order valence-corrected chi connectivity index (χ4v) is 3.45. The molecule has 2 rings (SSSR count). The van der Waals surface area contributed by atoms with Crippen LogP contribution in [-0.2, 0) is 0 Å². The van der Waals surface area contributed by atoms with E-state index in [1.165, 1.54) is 12.8 Å². The first-order valence-corrected chi connectivity index (χ1v) is 6.92. The molecule has 0 aromatic rings. The van der Waals surface area contributed by atoms with Crippen molar-refractivity contribution in [2.24, 2.45) is 29.6 Å². The molecule has 0 amide bonds. The summed E-state index contributed by atoms with van der Waals surface area (Å²) in [5, 5.41) is 0. The Labute approximate surface area is 101 Å². The number of allylic oxidation sites excluding steroid dienone is 4. The van der Waals surface area contributed by atoms with E-state index in [1.807, 2.05) is 0 Å². The summed E-state index contributed by atoms with van der Waals surface area (Å²) in [7, 11) is 0. The zero-order chi connectivity index (χ0) is 11.9. The molecule has 0 aromatic heterocycles. The molecule has 90 valence electrons. The first kappa shape index (κ1) is 12.0. The van der Waals surface area contributed by atoms with E-state index in [0.29, 0.717) is 5.92 Å². The van der Waals surface area contributed by atoms with E-state index in [-0.39, 0.29) is 0 Å². The van der Waals surface area contributed by atoms with Crippen LogP contribution in [0.4, 0.5) is 0 Å². The van der Waals surface area contributed by atoms with Gasteiger partial charge in [0.25, 0.3) is 0 Å². The molecule has 3 unspecified atom stereocenters. The summed E-state index contributed by atoms with van der Waals surface area (Å²) in [6, 6.07) is 0. The summed E-state index contributed by atoms with van der Waals surface area (Å²) in [6.45, 7) is 11.8. The smallest absolute Gasteiger partial charge is 0.0132 e. The summed E-state index contributed by atoms with van der Waals surface area (Å²) < 4.78 is 0. The molecule has 16 heavy (non-hydrogen) atoms. The average Bonchev–Trinajstić information content (AvgIpc) is 2.55. The van der Waals surface area contributed by atoms with Gasteiger partial charge < -0.3 is 0 Å². The highest BCUT2D eigenvalue weighted by Gasteiger charge is 2.36. The van der Waals surface area contributed by atoms with Gasteiger partial charge in [0, 0.05) is 0 Å². The molecule has 0 aromatic carbocycles. The zero-order valence-corrected chi connectivity index (χ0v) is 11.5. The van der Waals surface area contributed by atoms with Crippen LogP contribution in [0.2, 0.25) is 0 Å². The van der Waals surface area contributed by atoms with Crippen LogP contribution in [0.1, 0.15) is 47.5 Å². The van der Waals surface area contributed by atoms with Gasteiger partial charge >= 0.3 is 0 Å². The molecule has 0 heterocycles. The highest BCUT2D eigenvalue weighted by Crippen LogP contribution is 2.47. The molecule has 0 saturated heterocycles. The van der Waals surface area contributed by atoms with E-state index < -0.39 is 0 Å². The first-order chi connectivity index (χ1) is 7.49. The van der Waals surface area contributed by atoms with Gasteiger partial charge in [-0.05, 0) is 48.0 Å². The Morgan fingerprint density at radius 3 is 2.31 bits per heavy atom. The third kappa shape index (κ3) is 2.12. The fourth-order valence-electron chi connectivity index (χ4n) is 3.45. The molecule has 2 aliphatic carbocycles. The van der Waals surface area contributed by atoms with Crippen LogP contribution in [0.3, 0.4) is 0 Å². The Hall–Kier alpha value is -0.520. The van der Waals surface area contributed by atoms with E-state index in [0.717, 1.165) is 23.7 Å². The van der Waals surface area contributed by atoms with Crippen molar-refractivity contribution in [1.29, 1.82) is 0 Å². The van der Waals surface area contributed by atoms with E-state index >= 15 is 0 Å². The maximum atomic E-state index is 2.57. The Balaban J connectivity index is 2.31. The average molecular weight is 218 g/mol. The van der Waals surface area contributed by atoms with Crippen molar-refractivity contribution in [2.45, 2.75) is 47.5 Å². The van der Waals surface area contributed by atoms with Gasteiger partial charge in [0.15, 0.2) is 0 Å². The molecule has 1 saturated carbocycles. The molecule has 0 radical (unpaired) electrons. The molecule has 2 aliphatic rings. The lowest BCUT2D eigenvalue weighted by molar-refractivity contribution is 0.464. The Bertz CT molecular complexity index is 317. The van der Waals surface area contributed by atoms with Crippen LogP contribution < -0.4 is 0 Å². The van der Waals surface area contributed by atoms with Crippen molar-refractivity contribution in [3.63, 3.8) is 0 Å². The Morgan fingerprint density at radius 2 is 1.75 bits per heavy atom. The van der Waals surface area contributed by atoms with E-state index in [2.05, 4.69) is 46.8 Å². The SMILES string of the molecule is CC1CC2C=C(C(C)C)C=C(C(C)C)C2C1. The zero-order valence-electron chi connectivity index (χ0n) is 11.5. The molecule has 3 atom stereocenters. The lowest BCUT2D eigenvalue weighted by Gasteiger charge is -2.29. The van der Waals surface area contributed by atoms with E-state index in [1.54, 1.807) is 11.1 Å². The predicted octanol–water partition coefficient (Wildman–Crippen LogP) is 4.83. The minimum absolute atomic E-state index is 0.686. The van der Waals surface area contributed by atoms with Gasteiger partial charge in [-0.15, -0.1) is 0 Å². The summed E-state index contributed by atoms with van der Waals surface area (Å²) in [6.07, 6.45) is 7.90. The van der Waals surface area contributed by atoms with Gasteiger partial charge in [-0.3, -0.25) is 0 Å². The molecule has 1 fully saturated rings. The van der Waals surface area contributed by atoms with Crippen molar-refractivity contribution in [3.05, 3.63) is 23.3 Å². The molecule has 0 bridgehead atoms. The molecule has 0 spiro atoms. The van der Waals surface area contributed by atoms with Crippen LogP contribution in [0, 0.1) is 29.6 Å². The molecular formula is C16H26. The monoisotopic (exact) mass is 218 g/mol. The van der Waals surface area contributed by atoms with Gasteiger partial charge in [-0.2, -0.15) is 0 Å². The number of hydrogen-bond donors (Lipinski definition) is 0. The van der Waals surface area contributed by atoms with E-state index in [9.17, 15) is 0 Å². The lowest BCUT2D eigenvalue weighted by Crippen LogP contribution is -2.18. The van der Waals surface area contributed by atoms with Gasteiger partial charge in [0.1, 0.15) is 0 Å². The lowest BCUT2D eigenvalue weighted by atomic mass is 9.76. The largest absolute Gasteiger partial charge is 0.0773 e. The van der Waals surface area contributed by atoms with Crippen molar-refractivity contribution >= 4 is 0 Å². The van der Waals surface area contributed by atoms with Crippen molar-refractivity contribution in [2.75, 3.05) is 0 Å². The molecular weight excluding hydrogens is 192 g/mol. The fraction of sp³-hybridized carbons (Fsp3) is 0.750. The van der Waals surface area contributed by atoms with Crippen LogP contribution in [0.5, 0.6) is 0 Å². The molecule has 0 aliphatic heterocycles. The van der Waals surface area contributed by atoms with E-state index in [4.69, 9.17) is 0 Å². The Morgan fingerprint density at radius 1 is 1.06 bits per heavy atom. The summed E-state index contributed by atoms with van der Waals surface area (Å²) in [5.41, 5.74) is 3.31. The number of hydrogen-bond acceptors (Lipinski definition) is 0. The van der Waals surface area contributed by atoms with Crippen molar-refractivity contribution < 1.29 is 0 Å². The van der Waals surface area contributed by atoms with Gasteiger partial charge in [0.2, 0.25) is 0 Å². The highest BCUT2D eigenvalue weighted by molar-refractivity contribution is 5.34. The van der Waals surface area contributed by atoms with Gasteiger partial charge in [-0.25, -0.2) is 0 Å². The minimum atomic E-state index is 0.686. The minimum Gasteiger partial charge on any atom is -0.0773 e. The number of rotatable bonds is 2. The van der Waals surface area contributed by atoms with Gasteiger partial charge in [0.05, 0.1) is 0 Å². The maximum Gasteiger partial charge on any atom is -0.0132 e. The molecule has 0 nitrogen and oxygen atoms in total. The van der Waals surface area contributed by atoms with Crippen LogP contribution >= 0.6 is 0 Å². The normalized spacial score (nSPS) is 34.1. The van der Waals surface area contributed by atoms with Crippen LogP contribution in [-0.4, -0.2) is 0 Å². The summed E-state index contributed by atoms with van der Waals surface area (Å²) in [5.74, 6) is 4.03. The quantitative estimate of drug-likeness (QED) is 0.623. The first-order valence-electron chi connectivity index (χ1n) is 6.92. The topological polar surface area (TPSA) is 0 Å². The van der Waals surface area contributed by atoms with Crippen LogP contribution in [0.25, 0.3) is 0 Å². The third-order valence-corrected chi connectivity index (χ3v) is 4.35. The van der Waals surface area contributed by atoms with Crippen molar-refractivity contribution in [3.8, 4) is 0 Å².